The first kappa shape index (κ1) is 23.4. The van der Waals surface area contributed by atoms with Crippen molar-refractivity contribution in [3.63, 3.8) is 0 Å². The van der Waals surface area contributed by atoms with Gasteiger partial charge in [0.1, 0.15) is 6.33 Å². The van der Waals surface area contributed by atoms with E-state index in [4.69, 9.17) is 4.98 Å². The van der Waals surface area contributed by atoms with Crippen molar-refractivity contribution in [2.75, 3.05) is 10.6 Å². The molecule has 7 nitrogen and oxygen atoms in total. The van der Waals surface area contributed by atoms with Crippen LogP contribution in [0.3, 0.4) is 0 Å². The second-order valence-corrected chi connectivity index (χ2v) is 8.61. The summed E-state index contributed by atoms with van der Waals surface area (Å²) < 4.78 is 41.4. The Morgan fingerprint density at radius 1 is 0.816 bits per heavy atom. The van der Waals surface area contributed by atoms with Crippen LogP contribution in [0.15, 0.2) is 97.5 Å². The minimum Gasteiger partial charge on any atom is -0.364 e. The van der Waals surface area contributed by atoms with Crippen LogP contribution in [0.4, 0.5) is 30.6 Å². The number of hydrogen-bond acceptors (Lipinski definition) is 6. The minimum atomic E-state index is -4.42. The number of imidazole rings is 1. The maximum atomic E-state index is 13.2. The van der Waals surface area contributed by atoms with E-state index in [9.17, 15) is 13.2 Å². The summed E-state index contributed by atoms with van der Waals surface area (Å²) in [4.78, 5) is 18.2. The molecule has 188 valence electrons. The lowest BCUT2D eigenvalue weighted by atomic mass is 10.1. The molecule has 0 aliphatic rings. The van der Waals surface area contributed by atoms with E-state index in [1.807, 2.05) is 65.2 Å². The molecule has 0 amide bonds. The molecule has 0 bridgehead atoms. The summed E-state index contributed by atoms with van der Waals surface area (Å²) in [6, 6.07) is 24.4. The number of nitrogens with zero attached hydrogens (tertiary/aromatic N) is 5. The monoisotopic (exact) mass is 511 g/mol. The molecule has 0 spiro atoms. The molecule has 6 aromatic rings. The fourth-order valence-electron chi connectivity index (χ4n) is 4.18. The first-order chi connectivity index (χ1) is 18.4. The number of halogens is 3. The number of hydrogen-bond donors (Lipinski definition) is 2. The van der Waals surface area contributed by atoms with Crippen molar-refractivity contribution in [2.45, 2.75) is 12.7 Å². The van der Waals surface area contributed by atoms with Crippen molar-refractivity contribution < 1.29 is 13.2 Å². The van der Waals surface area contributed by atoms with E-state index in [-0.39, 0.29) is 6.54 Å². The average molecular weight is 512 g/mol. The summed E-state index contributed by atoms with van der Waals surface area (Å²) in [5.41, 5.74) is 3.29. The quantitative estimate of drug-likeness (QED) is 0.258. The fraction of sp³-hybridized carbons (Fsp3) is 0.0714. The fourth-order valence-corrected chi connectivity index (χ4v) is 4.18. The number of para-hydroxylation sites is 1. The first-order valence-electron chi connectivity index (χ1n) is 11.8. The number of anilines is 3. The molecule has 3 aromatic carbocycles. The molecule has 2 N–H and O–H groups in total. The van der Waals surface area contributed by atoms with Crippen LogP contribution < -0.4 is 10.6 Å². The zero-order valence-electron chi connectivity index (χ0n) is 19.8. The van der Waals surface area contributed by atoms with Gasteiger partial charge >= 0.3 is 6.18 Å². The average Bonchev–Trinajstić information content (AvgIpc) is 3.36. The molecule has 0 atom stereocenters. The Morgan fingerprint density at radius 2 is 1.68 bits per heavy atom. The normalized spacial score (nSPS) is 11.7. The highest BCUT2D eigenvalue weighted by atomic mass is 19.4. The predicted molar refractivity (Wildman–Crippen MR) is 140 cm³/mol. The molecule has 0 radical (unpaired) electrons. The topological polar surface area (TPSA) is 80.6 Å². The Kier molecular flexibility index (Phi) is 5.83. The molecule has 38 heavy (non-hydrogen) atoms. The number of alkyl halides is 3. The maximum absolute atomic E-state index is 13.2. The highest BCUT2D eigenvalue weighted by molar-refractivity contribution is 5.87. The van der Waals surface area contributed by atoms with Crippen molar-refractivity contribution in [3.8, 4) is 5.69 Å². The zero-order chi connectivity index (χ0) is 26.1. The van der Waals surface area contributed by atoms with Crippen LogP contribution in [0.5, 0.6) is 0 Å². The third kappa shape index (κ3) is 4.71. The third-order valence-corrected chi connectivity index (χ3v) is 6.00. The van der Waals surface area contributed by atoms with Gasteiger partial charge in [0.05, 0.1) is 11.1 Å². The molecule has 0 saturated heterocycles. The van der Waals surface area contributed by atoms with Gasteiger partial charge in [-0.3, -0.25) is 9.55 Å². The van der Waals surface area contributed by atoms with Crippen LogP contribution in [-0.2, 0) is 12.7 Å². The molecular formula is C28H20F3N7. The molecular weight excluding hydrogens is 491 g/mol. The summed E-state index contributed by atoms with van der Waals surface area (Å²) in [6.07, 6.45) is -1.03. The number of rotatable bonds is 6. The SMILES string of the molecule is FC(F)(F)c1cccc(CNc2nc(Nc3ccc4ncccc4c3)nc3c2ncn3-c2ccccc2)c1. The van der Waals surface area contributed by atoms with Crippen LogP contribution in [0, 0.1) is 0 Å². The molecule has 10 heteroatoms. The Morgan fingerprint density at radius 3 is 2.53 bits per heavy atom. The van der Waals surface area contributed by atoms with E-state index in [1.165, 1.54) is 6.07 Å². The van der Waals surface area contributed by atoms with E-state index in [0.717, 1.165) is 34.4 Å². The molecule has 0 aliphatic heterocycles. The Labute approximate surface area is 215 Å². The van der Waals surface area contributed by atoms with Gasteiger partial charge in [-0.1, -0.05) is 36.4 Å². The Bertz CT molecular complexity index is 1750. The van der Waals surface area contributed by atoms with Crippen LogP contribution in [0.25, 0.3) is 27.8 Å². The molecule has 0 unspecified atom stereocenters. The van der Waals surface area contributed by atoms with E-state index in [2.05, 4.69) is 25.6 Å². The molecule has 3 heterocycles. The van der Waals surface area contributed by atoms with Crippen molar-refractivity contribution in [2.24, 2.45) is 0 Å². The van der Waals surface area contributed by atoms with Crippen LogP contribution >= 0.6 is 0 Å². The lowest BCUT2D eigenvalue weighted by Gasteiger charge is -2.12. The van der Waals surface area contributed by atoms with E-state index in [0.29, 0.717) is 28.5 Å². The highest BCUT2D eigenvalue weighted by Crippen LogP contribution is 2.30. The Hall–Kier alpha value is -4.99. The van der Waals surface area contributed by atoms with Gasteiger partial charge in [0.15, 0.2) is 17.0 Å². The van der Waals surface area contributed by atoms with Gasteiger partial charge in [-0.05, 0) is 54.1 Å². The summed E-state index contributed by atoms with van der Waals surface area (Å²) in [5.74, 6) is 0.706. The second-order valence-electron chi connectivity index (χ2n) is 8.61. The predicted octanol–water partition coefficient (Wildman–Crippen LogP) is 6.74. The number of nitrogens with one attached hydrogen (secondary N) is 2. The van der Waals surface area contributed by atoms with Gasteiger partial charge in [-0.25, -0.2) is 4.98 Å². The van der Waals surface area contributed by atoms with E-state index >= 15 is 0 Å². The van der Waals surface area contributed by atoms with E-state index in [1.54, 1.807) is 18.6 Å². The largest absolute Gasteiger partial charge is 0.416 e. The number of fused-ring (bicyclic) bond motifs is 2. The van der Waals surface area contributed by atoms with Gasteiger partial charge in [0.2, 0.25) is 5.95 Å². The molecule has 0 aliphatic carbocycles. The number of pyridine rings is 1. The maximum Gasteiger partial charge on any atom is 0.416 e. The van der Waals surface area contributed by atoms with Crippen molar-refractivity contribution >= 4 is 39.5 Å². The van der Waals surface area contributed by atoms with Crippen molar-refractivity contribution in [1.82, 2.24) is 24.5 Å². The summed E-state index contributed by atoms with van der Waals surface area (Å²) in [7, 11) is 0. The number of benzene rings is 3. The van der Waals surface area contributed by atoms with Gasteiger partial charge in [0, 0.05) is 29.5 Å². The Balaban J connectivity index is 1.39. The molecule has 0 saturated carbocycles. The lowest BCUT2D eigenvalue weighted by molar-refractivity contribution is -0.137. The number of aromatic nitrogens is 5. The van der Waals surface area contributed by atoms with Crippen molar-refractivity contribution in [3.05, 3.63) is 109 Å². The third-order valence-electron chi connectivity index (χ3n) is 6.00. The molecule has 0 fully saturated rings. The smallest absolute Gasteiger partial charge is 0.364 e. The van der Waals surface area contributed by atoms with Gasteiger partial charge in [-0.15, -0.1) is 0 Å². The minimum absolute atomic E-state index is 0.120. The standard InChI is InChI=1S/C28H20F3N7/c29-28(30,31)20-8-4-6-18(14-20)16-33-25-24-26(38(17-34-24)22-9-2-1-3-10-22)37-27(36-25)35-21-11-12-23-19(15-21)7-5-13-32-23/h1-15,17H,16H2,(H2,33,35,36,37). The lowest BCUT2D eigenvalue weighted by Crippen LogP contribution is -2.09. The molecule has 6 rings (SSSR count). The van der Waals surface area contributed by atoms with Crippen LogP contribution in [0.1, 0.15) is 11.1 Å². The highest BCUT2D eigenvalue weighted by Gasteiger charge is 2.30. The summed E-state index contributed by atoms with van der Waals surface area (Å²) >= 11 is 0. The first-order valence-corrected chi connectivity index (χ1v) is 11.8. The van der Waals surface area contributed by atoms with Crippen LogP contribution in [-0.4, -0.2) is 24.5 Å². The summed E-state index contributed by atoms with van der Waals surface area (Å²) in [5, 5.41) is 7.36. The second kappa shape index (κ2) is 9.47. The van der Waals surface area contributed by atoms with Gasteiger partial charge < -0.3 is 10.6 Å². The zero-order valence-corrected chi connectivity index (χ0v) is 19.8. The van der Waals surface area contributed by atoms with Gasteiger partial charge in [-0.2, -0.15) is 23.1 Å². The van der Waals surface area contributed by atoms with E-state index < -0.39 is 11.7 Å². The van der Waals surface area contributed by atoms with Gasteiger partial charge in [0.25, 0.3) is 0 Å². The summed E-state index contributed by atoms with van der Waals surface area (Å²) in [6.45, 7) is 0.120. The molecule has 3 aromatic heterocycles. The van der Waals surface area contributed by atoms with Crippen molar-refractivity contribution in [1.29, 1.82) is 0 Å². The van der Waals surface area contributed by atoms with Crippen LogP contribution in [0.2, 0.25) is 0 Å².